The number of rotatable bonds is 5. The predicted molar refractivity (Wildman–Crippen MR) is 114 cm³/mol. The van der Waals surface area contributed by atoms with Gasteiger partial charge in [0.05, 0.1) is 11.4 Å². The van der Waals surface area contributed by atoms with Crippen LogP contribution in [0.1, 0.15) is 43.4 Å². The molecule has 1 fully saturated rings. The van der Waals surface area contributed by atoms with Crippen molar-refractivity contribution in [3.63, 3.8) is 0 Å². The average Bonchev–Trinajstić information content (AvgIpc) is 3.11. The van der Waals surface area contributed by atoms with Crippen molar-refractivity contribution >= 4 is 17.6 Å². The van der Waals surface area contributed by atoms with Gasteiger partial charge < -0.3 is 15.7 Å². The van der Waals surface area contributed by atoms with Crippen LogP contribution in [0.4, 0.5) is 14.9 Å². The molecule has 1 aromatic heterocycles. The molecule has 2 amide bonds. The minimum absolute atomic E-state index is 0.00521. The highest BCUT2D eigenvalue weighted by Crippen LogP contribution is 2.39. The molecule has 0 saturated heterocycles. The summed E-state index contributed by atoms with van der Waals surface area (Å²) >= 11 is 0. The summed E-state index contributed by atoms with van der Waals surface area (Å²) in [6.07, 6.45) is 3.02. The number of carbonyl (C=O) groups excluding carboxylic acids is 2. The lowest BCUT2D eigenvalue weighted by atomic mass is 9.82. The van der Waals surface area contributed by atoms with E-state index in [9.17, 15) is 19.1 Å². The quantitative estimate of drug-likeness (QED) is 0.532. The van der Waals surface area contributed by atoms with Crippen molar-refractivity contribution in [2.24, 2.45) is 0 Å². The number of nitrogens with one attached hydrogen (secondary N) is 2. The van der Waals surface area contributed by atoms with Crippen LogP contribution in [-0.4, -0.2) is 26.8 Å². The molecule has 0 aliphatic heterocycles. The van der Waals surface area contributed by atoms with E-state index < -0.39 is 6.03 Å². The summed E-state index contributed by atoms with van der Waals surface area (Å²) in [5.41, 5.74) is 2.96. The third kappa shape index (κ3) is 4.58. The van der Waals surface area contributed by atoms with E-state index in [0.29, 0.717) is 16.9 Å². The summed E-state index contributed by atoms with van der Waals surface area (Å²) < 4.78 is 14.4. The van der Waals surface area contributed by atoms with Crippen molar-refractivity contribution in [1.29, 1.82) is 0 Å². The van der Waals surface area contributed by atoms with Crippen LogP contribution in [0.2, 0.25) is 0 Å². The highest BCUT2D eigenvalue weighted by molar-refractivity contribution is 5.90. The Morgan fingerprint density at radius 3 is 2.55 bits per heavy atom. The number of hydrogen-bond donors (Lipinski definition) is 3. The third-order valence-electron chi connectivity index (χ3n) is 5.40. The maximum atomic E-state index is 13.1. The van der Waals surface area contributed by atoms with Crippen molar-refractivity contribution in [3.8, 4) is 17.0 Å². The number of hydrogen-bond acceptors (Lipinski definition) is 4. The molecule has 0 radical (unpaired) electrons. The van der Waals surface area contributed by atoms with Crippen LogP contribution in [0.3, 0.4) is 0 Å². The summed E-state index contributed by atoms with van der Waals surface area (Å²) in [6.45, 7) is 1.64. The Morgan fingerprint density at radius 1 is 1.16 bits per heavy atom. The van der Waals surface area contributed by atoms with E-state index in [0.717, 1.165) is 30.5 Å². The van der Waals surface area contributed by atoms with E-state index in [-0.39, 0.29) is 29.9 Å². The normalized spacial score (nSPS) is 13.5. The van der Waals surface area contributed by atoms with Gasteiger partial charge in [-0.15, -0.1) is 0 Å². The molecular weight excluding hydrogens is 399 g/mol. The number of phenols is 1. The summed E-state index contributed by atoms with van der Waals surface area (Å²) in [4.78, 5) is 24.3. The fourth-order valence-electron chi connectivity index (χ4n) is 3.56. The molecule has 0 atom stereocenters. The smallest absolute Gasteiger partial charge is 0.342 e. The summed E-state index contributed by atoms with van der Waals surface area (Å²) in [5, 5.41) is 20.3. The van der Waals surface area contributed by atoms with Crippen LogP contribution in [0.15, 0.2) is 48.5 Å². The topological polar surface area (TPSA) is 96.2 Å². The number of aromatic hydroxyl groups is 1. The van der Waals surface area contributed by atoms with Crippen molar-refractivity contribution < 1.29 is 19.1 Å². The van der Waals surface area contributed by atoms with E-state index in [1.165, 1.54) is 29.8 Å². The molecule has 2 aromatic carbocycles. The standard InChI is InChI=1S/C23H23FN4O3/c1-14(29)26-18-9-10-22(30)19(11-18)20-12-21(16-3-2-4-16)28(27-20)23(31)25-13-15-5-7-17(24)8-6-15/h5-12,16,30H,2-4,13H2,1H3,(H,25,31)(H,26,29). The number of benzene rings is 2. The van der Waals surface area contributed by atoms with Crippen LogP contribution < -0.4 is 10.6 Å². The highest BCUT2D eigenvalue weighted by Gasteiger charge is 2.27. The molecule has 160 valence electrons. The Labute approximate surface area is 178 Å². The molecule has 3 aromatic rings. The van der Waals surface area contributed by atoms with Crippen molar-refractivity contribution in [2.75, 3.05) is 5.32 Å². The zero-order chi connectivity index (χ0) is 22.0. The zero-order valence-electron chi connectivity index (χ0n) is 17.1. The first-order chi connectivity index (χ1) is 14.9. The van der Waals surface area contributed by atoms with Gasteiger partial charge in [0.1, 0.15) is 11.6 Å². The number of halogens is 1. The molecular formula is C23H23FN4O3. The highest BCUT2D eigenvalue weighted by atomic mass is 19.1. The van der Waals surface area contributed by atoms with Gasteiger partial charge in [-0.25, -0.2) is 9.18 Å². The molecule has 0 bridgehead atoms. The first-order valence-corrected chi connectivity index (χ1v) is 10.1. The van der Waals surface area contributed by atoms with Gasteiger partial charge in [-0.1, -0.05) is 18.6 Å². The molecule has 4 rings (SSSR count). The van der Waals surface area contributed by atoms with Crippen molar-refractivity contribution in [2.45, 2.75) is 38.6 Å². The fourth-order valence-corrected chi connectivity index (χ4v) is 3.56. The molecule has 8 heteroatoms. The lowest BCUT2D eigenvalue weighted by Gasteiger charge is -2.25. The zero-order valence-corrected chi connectivity index (χ0v) is 17.1. The van der Waals surface area contributed by atoms with E-state index in [2.05, 4.69) is 15.7 Å². The number of amides is 2. The maximum Gasteiger partial charge on any atom is 0.342 e. The van der Waals surface area contributed by atoms with E-state index >= 15 is 0 Å². The second kappa shape index (κ2) is 8.59. The second-order valence-corrected chi connectivity index (χ2v) is 7.69. The SMILES string of the molecule is CC(=O)Nc1ccc(O)c(-c2cc(C3CCC3)n(C(=O)NCc3ccc(F)cc3)n2)c1. The largest absolute Gasteiger partial charge is 0.507 e. The van der Waals surface area contributed by atoms with Crippen molar-refractivity contribution in [1.82, 2.24) is 15.1 Å². The van der Waals surface area contributed by atoms with Gasteiger partial charge in [0.25, 0.3) is 0 Å². The Morgan fingerprint density at radius 2 is 1.90 bits per heavy atom. The molecule has 7 nitrogen and oxygen atoms in total. The second-order valence-electron chi connectivity index (χ2n) is 7.69. The van der Waals surface area contributed by atoms with Gasteiger partial charge in [-0.3, -0.25) is 4.79 Å². The van der Waals surface area contributed by atoms with Crippen molar-refractivity contribution in [3.05, 3.63) is 65.6 Å². The Balaban J connectivity index is 1.62. The Bertz CT molecular complexity index is 1120. The first-order valence-electron chi connectivity index (χ1n) is 10.1. The van der Waals surface area contributed by atoms with E-state index in [1.54, 1.807) is 24.3 Å². The molecule has 1 saturated carbocycles. The summed E-state index contributed by atoms with van der Waals surface area (Å²) in [7, 11) is 0. The van der Waals surface area contributed by atoms with Crippen LogP contribution in [0, 0.1) is 5.82 Å². The Hall–Kier alpha value is -3.68. The summed E-state index contributed by atoms with van der Waals surface area (Å²) in [5.74, 6) is -0.331. The van der Waals surface area contributed by atoms with Gasteiger partial charge in [0, 0.05) is 30.6 Å². The lowest BCUT2D eigenvalue weighted by Crippen LogP contribution is -2.31. The van der Waals surface area contributed by atoms with Crippen LogP contribution in [0.5, 0.6) is 5.75 Å². The third-order valence-corrected chi connectivity index (χ3v) is 5.40. The van der Waals surface area contributed by atoms with Crippen LogP contribution >= 0.6 is 0 Å². The number of phenolic OH excluding ortho intramolecular Hbond substituents is 1. The minimum atomic E-state index is -0.394. The van der Waals surface area contributed by atoms with E-state index in [1.807, 2.05) is 6.07 Å². The van der Waals surface area contributed by atoms with Gasteiger partial charge in [-0.2, -0.15) is 9.78 Å². The lowest BCUT2D eigenvalue weighted by molar-refractivity contribution is -0.114. The van der Waals surface area contributed by atoms with Crippen LogP contribution in [0.25, 0.3) is 11.3 Å². The number of anilines is 1. The molecule has 31 heavy (non-hydrogen) atoms. The molecule has 1 aliphatic carbocycles. The van der Waals surface area contributed by atoms with Crippen LogP contribution in [-0.2, 0) is 11.3 Å². The average molecular weight is 422 g/mol. The fraction of sp³-hybridized carbons (Fsp3) is 0.261. The Kier molecular flexibility index (Phi) is 5.70. The van der Waals surface area contributed by atoms with E-state index in [4.69, 9.17) is 0 Å². The van der Waals surface area contributed by atoms with Gasteiger partial charge in [0.2, 0.25) is 5.91 Å². The minimum Gasteiger partial charge on any atom is -0.507 e. The van der Waals surface area contributed by atoms with Gasteiger partial charge in [-0.05, 0) is 54.8 Å². The van der Waals surface area contributed by atoms with Gasteiger partial charge in [0.15, 0.2) is 0 Å². The molecule has 0 unspecified atom stereocenters. The van der Waals surface area contributed by atoms with Gasteiger partial charge >= 0.3 is 6.03 Å². The maximum absolute atomic E-state index is 13.1. The molecule has 3 N–H and O–H groups in total. The molecule has 1 heterocycles. The number of carbonyl (C=O) groups is 2. The summed E-state index contributed by atoms with van der Waals surface area (Å²) in [6, 6.07) is 12.0. The first kappa shape index (κ1) is 20.6. The predicted octanol–water partition coefficient (Wildman–Crippen LogP) is 4.38. The monoisotopic (exact) mass is 422 g/mol. The molecule has 1 aliphatic rings. The number of nitrogens with zero attached hydrogens (tertiary/aromatic N) is 2. The molecule has 0 spiro atoms. The number of aromatic nitrogens is 2.